The Morgan fingerprint density at radius 3 is 2.56 bits per heavy atom. The van der Waals surface area contributed by atoms with Crippen LogP contribution >= 0.6 is 11.6 Å². The number of carboxylic acid groups (broad SMARTS) is 1. The number of halogens is 1. The summed E-state index contributed by atoms with van der Waals surface area (Å²) in [6, 6.07) is 7.66. The molecule has 4 nitrogen and oxygen atoms in total. The Labute approximate surface area is 111 Å². The first kappa shape index (κ1) is 13.3. The second-order valence-electron chi connectivity index (χ2n) is 4.63. The van der Waals surface area contributed by atoms with E-state index in [2.05, 4.69) is 5.32 Å². The first-order valence-corrected chi connectivity index (χ1v) is 6.26. The molecule has 0 unspecified atom stereocenters. The molecular weight excluding hydrogens is 254 g/mol. The minimum atomic E-state index is -0.784. The molecule has 2 rings (SSSR count). The van der Waals surface area contributed by atoms with E-state index in [1.807, 2.05) is 24.3 Å². The van der Waals surface area contributed by atoms with Crippen molar-refractivity contribution in [2.45, 2.75) is 6.42 Å². The van der Waals surface area contributed by atoms with Gasteiger partial charge in [-0.2, -0.15) is 0 Å². The lowest BCUT2D eigenvalue weighted by Crippen LogP contribution is -2.55. The lowest BCUT2D eigenvalue weighted by Gasteiger charge is -2.37. The molecule has 1 fully saturated rings. The average Bonchev–Trinajstić information content (AvgIpc) is 2.29. The van der Waals surface area contributed by atoms with Crippen molar-refractivity contribution in [3.8, 4) is 0 Å². The van der Waals surface area contributed by atoms with E-state index in [9.17, 15) is 4.79 Å². The van der Waals surface area contributed by atoms with E-state index in [1.54, 1.807) is 0 Å². The molecule has 1 saturated heterocycles. The zero-order valence-electron chi connectivity index (χ0n) is 9.99. The van der Waals surface area contributed by atoms with Crippen LogP contribution in [0.2, 0.25) is 5.02 Å². The topological polar surface area (TPSA) is 58.6 Å². The number of nitrogens with one attached hydrogen (secondary N) is 1. The molecule has 1 heterocycles. The summed E-state index contributed by atoms with van der Waals surface area (Å²) in [5.41, 5.74) is 0.459. The SMILES string of the molecule is O=C(O)C1(CNCCc2ccc(Cl)cc2)COC1. The Morgan fingerprint density at radius 2 is 2.06 bits per heavy atom. The highest BCUT2D eigenvalue weighted by Gasteiger charge is 2.45. The summed E-state index contributed by atoms with van der Waals surface area (Å²) >= 11 is 5.80. The zero-order chi connectivity index (χ0) is 13.0. The van der Waals surface area contributed by atoms with E-state index in [0.29, 0.717) is 19.8 Å². The predicted octanol–water partition coefficient (Wildman–Crippen LogP) is 1.57. The van der Waals surface area contributed by atoms with Gasteiger partial charge in [0.05, 0.1) is 13.2 Å². The molecule has 2 N–H and O–H groups in total. The normalized spacial score (nSPS) is 17.2. The van der Waals surface area contributed by atoms with Gasteiger partial charge in [0.1, 0.15) is 5.41 Å². The molecule has 18 heavy (non-hydrogen) atoms. The summed E-state index contributed by atoms with van der Waals surface area (Å²) in [7, 11) is 0. The highest BCUT2D eigenvalue weighted by Crippen LogP contribution is 2.26. The Balaban J connectivity index is 1.73. The summed E-state index contributed by atoms with van der Waals surface area (Å²) in [5.74, 6) is -0.784. The molecule has 1 aliphatic heterocycles. The monoisotopic (exact) mass is 269 g/mol. The summed E-state index contributed by atoms with van der Waals surface area (Å²) < 4.78 is 4.99. The molecule has 1 aromatic carbocycles. The van der Waals surface area contributed by atoms with Gasteiger partial charge in [-0.05, 0) is 30.7 Å². The molecule has 98 valence electrons. The fourth-order valence-corrected chi connectivity index (χ4v) is 1.99. The molecule has 1 aliphatic rings. The lowest BCUT2D eigenvalue weighted by atomic mass is 9.86. The maximum absolute atomic E-state index is 11.1. The summed E-state index contributed by atoms with van der Waals surface area (Å²) in [4.78, 5) is 11.1. The number of benzene rings is 1. The smallest absolute Gasteiger partial charge is 0.315 e. The van der Waals surface area contributed by atoms with Crippen LogP contribution in [0.4, 0.5) is 0 Å². The largest absolute Gasteiger partial charge is 0.481 e. The van der Waals surface area contributed by atoms with E-state index >= 15 is 0 Å². The van der Waals surface area contributed by atoms with Gasteiger partial charge in [0, 0.05) is 11.6 Å². The molecule has 1 aromatic rings. The van der Waals surface area contributed by atoms with E-state index in [0.717, 1.165) is 18.0 Å². The van der Waals surface area contributed by atoms with E-state index in [4.69, 9.17) is 21.4 Å². The molecule has 0 radical (unpaired) electrons. The van der Waals surface area contributed by atoms with Crippen molar-refractivity contribution < 1.29 is 14.6 Å². The van der Waals surface area contributed by atoms with E-state index in [-0.39, 0.29) is 0 Å². The van der Waals surface area contributed by atoms with Crippen molar-refractivity contribution in [3.63, 3.8) is 0 Å². The number of hydrogen-bond donors (Lipinski definition) is 2. The van der Waals surface area contributed by atoms with Crippen molar-refractivity contribution in [1.82, 2.24) is 5.32 Å². The third-order valence-electron chi connectivity index (χ3n) is 3.18. The van der Waals surface area contributed by atoms with Crippen molar-refractivity contribution in [2.75, 3.05) is 26.3 Å². The van der Waals surface area contributed by atoms with Crippen molar-refractivity contribution in [1.29, 1.82) is 0 Å². The zero-order valence-corrected chi connectivity index (χ0v) is 10.7. The van der Waals surface area contributed by atoms with Gasteiger partial charge in [0.15, 0.2) is 0 Å². The van der Waals surface area contributed by atoms with Crippen molar-refractivity contribution >= 4 is 17.6 Å². The van der Waals surface area contributed by atoms with Gasteiger partial charge in [0.25, 0.3) is 0 Å². The van der Waals surface area contributed by atoms with E-state index in [1.165, 1.54) is 5.56 Å². The molecule has 5 heteroatoms. The molecule has 0 atom stereocenters. The van der Waals surface area contributed by atoms with Crippen LogP contribution in [0.3, 0.4) is 0 Å². The van der Waals surface area contributed by atoms with Crippen LogP contribution in [0, 0.1) is 5.41 Å². The maximum Gasteiger partial charge on any atom is 0.315 e. The third-order valence-corrected chi connectivity index (χ3v) is 3.43. The Morgan fingerprint density at radius 1 is 1.39 bits per heavy atom. The minimum absolute atomic E-state index is 0.302. The number of carbonyl (C=O) groups is 1. The Kier molecular flexibility index (Phi) is 4.22. The highest BCUT2D eigenvalue weighted by molar-refractivity contribution is 6.30. The number of hydrogen-bond acceptors (Lipinski definition) is 3. The van der Waals surface area contributed by atoms with Crippen molar-refractivity contribution in [3.05, 3.63) is 34.9 Å². The maximum atomic E-state index is 11.1. The third kappa shape index (κ3) is 3.02. The summed E-state index contributed by atoms with van der Waals surface area (Å²) in [6.07, 6.45) is 0.855. The quantitative estimate of drug-likeness (QED) is 0.770. The summed E-state index contributed by atoms with van der Waals surface area (Å²) in [6.45, 7) is 1.80. The molecule has 0 aromatic heterocycles. The fraction of sp³-hybridized carbons (Fsp3) is 0.462. The highest BCUT2D eigenvalue weighted by atomic mass is 35.5. The summed E-state index contributed by atoms with van der Waals surface area (Å²) in [5, 5.41) is 13.0. The van der Waals surface area contributed by atoms with Gasteiger partial charge in [0.2, 0.25) is 0 Å². The van der Waals surface area contributed by atoms with Gasteiger partial charge < -0.3 is 15.2 Å². The van der Waals surface area contributed by atoms with Gasteiger partial charge in [-0.3, -0.25) is 4.79 Å². The minimum Gasteiger partial charge on any atom is -0.481 e. The van der Waals surface area contributed by atoms with Gasteiger partial charge >= 0.3 is 5.97 Å². The van der Waals surface area contributed by atoms with Crippen molar-refractivity contribution in [2.24, 2.45) is 5.41 Å². The fourth-order valence-electron chi connectivity index (χ4n) is 1.86. The molecule has 0 spiro atoms. The second-order valence-corrected chi connectivity index (χ2v) is 5.07. The van der Waals surface area contributed by atoms with E-state index < -0.39 is 11.4 Å². The number of ether oxygens (including phenoxy) is 1. The average molecular weight is 270 g/mol. The molecule has 0 bridgehead atoms. The first-order chi connectivity index (χ1) is 8.62. The lowest BCUT2D eigenvalue weighted by molar-refractivity contribution is -0.178. The van der Waals surface area contributed by atoms with Crippen LogP contribution in [0.5, 0.6) is 0 Å². The number of rotatable bonds is 6. The van der Waals surface area contributed by atoms with Gasteiger partial charge in [-0.25, -0.2) is 0 Å². The van der Waals surface area contributed by atoms with Crippen LogP contribution < -0.4 is 5.32 Å². The molecular formula is C13H16ClNO3. The molecule has 0 saturated carbocycles. The van der Waals surface area contributed by atoms with Crippen LogP contribution in [-0.4, -0.2) is 37.4 Å². The van der Waals surface area contributed by atoms with Crippen LogP contribution in [0.25, 0.3) is 0 Å². The van der Waals surface area contributed by atoms with Gasteiger partial charge in [-0.1, -0.05) is 23.7 Å². The molecule has 0 aliphatic carbocycles. The van der Waals surface area contributed by atoms with Crippen LogP contribution in [0.1, 0.15) is 5.56 Å². The Hall–Kier alpha value is -1.10. The Bertz CT molecular complexity index is 415. The van der Waals surface area contributed by atoms with Gasteiger partial charge in [-0.15, -0.1) is 0 Å². The van der Waals surface area contributed by atoms with Crippen LogP contribution in [-0.2, 0) is 16.0 Å². The number of carboxylic acids is 1. The first-order valence-electron chi connectivity index (χ1n) is 5.89. The predicted molar refractivity (Wildman–Crippen MR) is 68.9 cm³/mol. The van der Waals surface area contributed by atoms with Crippen LogP contribution in [0.15, 0.2) is 24.3 Å². The second kappa shape index (κ2) is 5.69. The molecule has 0 amide bonds. The number of aliphatic carboxylic acids is 1. The standard InChI is InChI=1S/C13H16ClNO3/c14-11-3-1-10(2-4-11)5-6-15-7-13(12(16)17)8-18-9-13/h1-4,15H,5-9H2,(H,16,17).